The van der Waals surface area contributed by atoms with E-state index in [1.165, 1.54) is 28.4 Å². The number of ether oxygens (including phenoxy) is 1. The van der Waals surface area contributed by atoms with Crippen LogP contribution in [0.1, 0.15) is 48.6 Å². The van der Waals surface area contributed by atoms with Gasteiger partial charge in [-0.1, -0.05) is 6.07 Å². The number of rotatable bonds is 25. The van der Waals surface area contributed by atoms with E-state index in [4.69, 9.17) is 36.4 Å². The average Bonchev–Trinajstić information content (AvgIpc) is 3.08. The molecule has 0 radical (unpaired) electrons. The molecule has 0 bridgehead atoms. The van der Waals surface area contributed by atoms with Gasteiger partial charge in [-0.15, -0.1) is 0 Å². The van der Waals surface area contributed by atoms with Crippen LogP contribution in [0.2, 0.25) is 0 Å². The summed E-state index contributed by atoms with van der Waals surface area (Å²) in [6.45, 7) is 5.15. The molecule has 2 aromatic carbocycles. The highest BCUT2D eigenvalue weighted by Gasteiger charge is 2.27. The Kier molecular flexibility index (Phi) is 18.6. The van der Waals surface area contributed by atoms with Crippen molar-refractivity contribution in [3.63, 3.8) is 0 Å². The van der Waals surface area contributed by atoms with Crippen LogP contribution in [0.4, 0.5) is 0 Å². The highest BCUT2D eigenvalue weighted by molar-refractivity contribution is 7.54. The van der Waals surface area contributed by atoms with E-state index in [-0.39, 0.29) is 76.8 Å². The van der Waals surface area contributed by atoms with Gasteiger partial charge in [-0.3, -0.25) is 18.3 Å². The summed E-state index contributed by atoms with van der Waals surface area (Å²) < 4.78 is 94.9. The second-order valence-corrected chi connectivity index (χ2v) is 19.8. The zero-order valence-electron chi connectivity index (χ0n) is 29.5. The van der Waals surface area contributed by atoms with Crippen LogP contribution in [0.5, 0.6) is 11.5 Å². The molecule has 0 heterocycles. The van der Waals surface area contributed by atoms with Crippen LogP contribution in [-0.4, -0.2) is 82.9 Å². The maximum atomic E-state index is 13.4. The first-order valence-corrected chi connectivity index (χ1v) is 22.9. The van der Waals surface area contributed by atoms with Gasteiger partial charge >= 0.3 is 30.4 Å². The van der Waals surface area contributed by atoms with Crippen molar-refractivity contribution in [3.05, 3.63) is 58.1 Å². The van der Waals surface area contributed by atoms with E-state index in [0.717, 1.165) is 11.1 Å². The average molecular weight is 773 g/mol. The quantitative estimate of drug-likeness (QED) is 0.0941. The maximum Gasteiger partial charge on any atom is 0.330 e. The largest absolute Gasteiger partial charge is 0.457 e. The molecule has 280 valence electrons. The Balaban J connectivity index is 2.70. The van der Waals surface area contributed by atoms with Gasteiger partial charge < -0.3 is 46.4 Å². The van der Waals surface area contributed by atoms with Crippen molar-refractivity contribution in [2.75, 3.05) is 72.9 Å². The Morgan fingerprint density at radius 1 is 0.551 bits per heavy atom. The van der Waals surface area contributed by atoms with Crippen molar-refractivity contribution in [2.24, 2.45) is 0 Å². The third-order valence-corrected chi connectivity index (χ3v) is 14.8. The van der Waals surface area contributed by atoms with Gasteiger partial charge in [-0.2, -0.15) is 0 Å². The minimum absolute atomic E-state index is 0.00866. The predicted molar refractivity (Wildman–Crippen MR) is 189 cm³/mol. The molecule has 0 aromatic heterocycles. The molecule has 14 nitrogen and oxygen atoms in total. The fourth-order valence-electron chi connectivity index (χ4n) is 5.01. The van der Waals surface area contributed by atoms with E-state index in [1.807, 2.05) is 6.07 Å². The minimum Gasteiger partial charge on any atom is -0.457 e. The van der Waals surface area contributed by atoms with Crippen molar-refractivity contribution >= 4 is 30.4 Å². The third-order valence-electron chi connectivity index (χ3n) is 7.49. The van der Waals surface area contributed by atoms with Crippen LogP contribution in [-0.2, 0) is 82.2 Å². The zero-order chi connectivity index (χ0) is 36.7. The fraction of sp³-hybridized carbons (Fsp3) is 0.613. The summed E-state index contributed by atoms with van der Waals surface area (Å²) in [4.78, 5) is 10.4. The number of aliphatic hydroxyl groups excluding tert-OH is 1. The lowest BCUT2D eigenvalue weighted by Gasteiger charge is -2.21. The first-order valence-electron chi connectivity index (χ1n) is 16.0. The summed E-state index contributed by atoms with van der Waals surface area (Å²) in [5.41, 5.74) is 3.02. The summed E-state index contributed by atoms with van der Waals surface area (Å²) >= 11 is 0. The van der Waals surface area contributed by atoms with Gasteiger partial charge in [0.25, 0.3) is 0 Å². The SMILES string of the molecule is CCOP(=O)(O)CCc1cc(CO)cc(CCP(=O)(OCC)OCC)c1Oc1cc(CCP(=O)(OC)OC)cc(CCP(=O)(OC)OC)c1. The molecule has 1 unspecified atom stereocenters. The molecule has 0 saturated carbocycles. The van der Waals surface area contributed by atoms with Crippen LogP contribution in [0.25, 0.3) is 0 Å². The molecular weight excluding hydrogens is 720 g/mol. The van der Waals surface area contributed by atoms with E-state index < -0.39 is 30.4 Å². The van der Waals surface area contributed by atoms with Gasteiger partial charge in [0, 0.05) is 28.4 Å². The van der Waals surface area contributed by atoms with Crippen LogP contribution in [0.3, 0.4) is 0 Å². The molecular formula is C31H52O14P4. The van der Waals surface area contributed by atoms with Crippen LogP contribution in [0, 0.1) is 0 Å². The Hall–Kier alpha value is -1.20. The van der Waals surface area contributed by atoms with Crippen molar-refractivity contribution in [1.82, 2.24) is 0 Å². The first-order chi connectivity index (χ1) is 23.2. The Morgan fingerprint density at radius 3 is 1.39 bits per heavy atom. The summed E-state index contributed by atoms with van der Waals surface area (Å²) in [7, 11) is -8.86. The molecule has 0 fully saturated rings. The molecule has 0 amide bonds. The van der Waals surface area contributed by atoms with E-state index in [1.54, 1.807) is 45.0 Å². The maximum absolute atomic E-state index is 13.4. The molecule has 49 heavy (non-hydrogen) atoms. The molecule has 18 heteroatoms. The Labute approximate surface area is 290 Å². The lowest BCUT2D eigenvalue weighted by atomic mass is 10.0. The van der Waals surface area contributed by atoms with Gasteiger partial charge in [0.05, 0.1) is 51.1 Å². The smallest absolute Gasteiger partial charge is 0.330 e. The molecule has 1 atom stereocenters. The molecule has 0 saturated heterocycles. The van der Waals surface area contributed by atoms with E-state index >= 15 is 0 Å². The first kappa shape index (κ1) is 44.0. The van der Waals surface area contributed by atoms with Gasteiger partial charge in [0.15, 0.2) is 0 Å². The van der Waals surface area contributed by atoms with Crippen LogP contribution >= 0.6 is 30.4 Å². The Bertz CT molecular complexity index is 1460. The van der Waals surface area contributed by atoms with Crippen molar-refractivity contribution in [3.8, 4) is 11.5 Å². The molecule has 2 rings (SSSR count). The van der Waals surface area contributed by atoms with E-state index in [9.17, 15) is 28.3 Å². The number of aryl methyl sites for hydroxylation is 4. The van der Waals surface area contributed by atoms with Gasteiger partial charge in [0.1, 0.15) is 11.5 Å². The number of benzene rings is 2. The van der Waals surface area contributed by atoms with E-state index in [2.05, 4.69) is 0 Å². The van der Waals surface area contributed by atoms with E-state index in [0.29, 0.717) is 28.2 Å². The van der Waals surface area contributed by atoms with Crippen molar-refractivity contribution < 1.29 is 64.7 Å². The standard InChI is InChI=1S/C31H52O14P4/c1-8-42-46(33,34)15-13-28-20-27(24-32)21-29(14-18-49(37,43-9-2)44-10-3)31(28)45-30-22-25(11-16-47(35,38-4)39-5)19-26(23-30)12-17-48(36,40-6)41-7/h19-23,32H,8-18,24H2,1-7H3,(H,33,34). The predicted octanol–water partition coefficient (Wildman–Crippen LogP) is 7.60. The minimum atomic E-state index is -3.94. The number of hydrogen-bond donors (Lipinski definition) is 2. The molecule has 0 aliphatic heterocycles. The lowest BCUT2D eigenvalue weighted by Crippen LogP contribution is -2.08. The van der Waals surface area contributed by atoms with Crippen LogP contribution < -0.4 is 4.74 Å². The van der Waals surface area contributed by atoms with Gasteiger partial charge in [0.2, 0.25) is 0 Å². The summed E-state index contributed by atoms with van der Waals surface area (Å²) in [5.74, 6) is 0.686. The lowest BCUT2D eigenvalue weighted by molar-refractivity contribution is 0.220. The molecule has 0 aliphatic carbocycles. The third kappa shape index (κ3) is 14.4. The Morgan fingerprint density at radius 2 is 0.980 bits per heavy atom. The van der Waals surface area contributed by atoms with Crippen LogP contribution in [0.15, 0.2) is 30.3 Å². The molecule has 0 spiro atoms. The summed E-state index contributed by atoms with van der Waals surface area (Å²) in [5, 5.41) is 10.1. The van der Waals surface area contributed by atoms with Gasteiger partial charge in [-0.25, -0.2) is 0 Å². The number of hydrogen-bond acceptors (Lipinski definition) is 13. The van der Waals surface area contributed by atoms with Crippen molar-refractivity contribution in [1.29, 1.82) is 0 Å². The summed E-state index contributed by atoms with van der Waals surface area (Å²) in [6, 6.07) is 8.76. The second-order valence-electron chi connectivity index (χ2n) is 10.8. The van der Waals surface area contributed by atoms with Gasteiger partial charge in [-0.05, 0) is 98.5 Å². The highest BCUT2D eigenvalue weighted by atomic mass is 31.2. The normalized spacial score (nSPS) is 13.8. The topological polar surface area (TPSA) is 183 Å². The fourth-order valence-corrected chi connectivity index (χ4v) is 9.79. The molecule has 2 aromatic rings. The molecule has 2 N–H and O–H groups in total. The highest BCUT2D eigenvalue weighted by Crippen LogP contribution is 2.50. The monoisotopic (exact) mass is 772 g/mol. The molecule has 0 aliphatic rings. The second kappa shape index (κ2) is 20.7. The zero-order valence-corrected chi connectivity index (χ0v) is 33.0. The number of aliphatic hydroxyl groups is 1. The summed E-state index contributed by atoms with van der Waals surface area (Å²) in [6.07, 6.45) is 0.728. The van der Waals surface area contributed by atoms with Crippen molar-refractivity contribution in [2.45, 2.75) is 53.1 Å².